The minimum absolute atomic E-state index is 0.143. The number of halogens is 3. The van der Waals surface area contributed by atoms with E-state index in [1.807, 2.05) is 6.92 Å². The van der Waals surface area contributed by atoms with Gasteiger partial charge in [-0.3, -0.25) is 0 Å². The quantitative estimate of drug-likeness (QED) is 0.838. The highest BCUT2D eigenvalue weighted by Crippen LogP contribution is 2.23. The van der Waals surface area contributed by atoms with Gasteiger partial charge in [-0.2, -0.15) is 17.5 Å². The molecular weight excluding hydrogens is 305 g/mol. The Kier molecular flexibility index (Phi) is 6.03. The second-order valence-corrected chi connectivity index (χ2v) is 6.44. The van der Waals surface area contributed by atoms with E-state index in [1.54, 1.807) is 12.1 Å². The molecule has 0 aromatic heterocycles. The van der Waals surface area contributed by atoms with Crippen LogP contribution in [0.15, 0.2) is 29.2 Å². The first-order valence-electron chi connectivity index (χ1n) is 6.61. The van der Waals surface area contributed by atoms with Crippen molar-refractivity contribution in [2.45, 2.75) is 31.3 Å². The van der Waals surface area contributed by atoms with Gasteiger partial charge in [-0.1, -0.05) is 13.8 Å². The lowest BCUT2D eigenvalue weighted by Gasteiger charge is -2.22. The van der Waals surface area contributed by atoms with E-state index in [9.17, 15) is 21.6 Å². The van der Waals surface area contributed by atoms with Crippen LogP contribution in [0.4, 0.5) is 18.9 Å². The van der Waals surface area contributed by atoms with Crippen molar-refractivity contribution in [2.75, 3.05) is 25.0 Å². The summed E-state index contributed by atoms with van der Waals surface area (Å²) in [5, 5.41) is 3.07. The Morgan fingerprint density at radius 3 is 2.14 bits per heavy atom. The fourth-order valence-electron chi connectivity index (χ4n) is 1.73. The van der Waals surface area contributed by atoms with E-state index in [1.165, 1.54) is 19.1 Å². The summed E-state index contributed by atoms with van der Waals surface area (Å²) in [7, 11) is -4.14. The topological polar surface area (TPSA) is 49.4 Å². The standard InChI is InChI=1S/C13H19F3N2O2S/c1-3-9-17-11-5-7-12(8-6-11)21(19,20)18(4-2)10-13(14,15)16/h5-8,17H,3-4,9-10H2,1-2H3. The average Bonchev–Trinajstić information content (AvgIpc) is 2.41. The summed E-state index contributed by atoms with van der Waals surface area (Å²) >= 11 is 0. The molecule has 0 aliphatic rings. The van der Waals surface area contributed by atoms with E-state index in [4.69, 9.17) is 0 Å². The molecule has 1 rings (SSSR count). The van der Waals surface area contributed by atoms with Crippen LogP contribution >= 0.6 is 0 Å². The maximum atomic E-state index is 12.4. The van der Waals surface area contributed by atoms with Crippen LogP contribution in [-0.2, 0) is 10.0 Å². The van der Waals surface area contributed by atoms with E-state index in [-0.39, 0.29) is 11.4 Å². The summed E-state index contributed by atoms with van der Waals surface area (Å²) in [6.45, 7) is 2.38. The summed E-state index contributed by atoms with van der Waals surface area (Å²) in [6, 6.07) is 5.71. The second kappa shape index (κ2) is 7.13. The second-order valence-electron chi connectivity index (χ2n) is 4.50. The fraction of sp³-hybridized carbons (Fsp3) is 0.538. The lowest BCUT2D eigenvalue weighted by Crippen LogP contribution is -2.38. The van der Waals surface area contributed by atoms with Gasteiger partial charge in [-0.15, -0.1) is 0 Å². The first-order chi connectivity index (χ1) is 9.70. The smallest absolute Gasteiger partial charge is 0.385 e. The van der Waals surface area contributed by atoms with E-state index in [0.717, 1.165) is 18.7 Å². The molecule has 8 heteroatoms. The molecule has 0 fully saturated rings. The Bertz CT molecular complexity index is 542. The van der Waals surface area contributed by atoms with Crippen molar-refractivity contribution < 1.29 is 21.6 Å². The van der Waals surface area contributed by atoms with Crippen molar-refractivity contribution in [1.82, 2.24) is 4.31 Å². The van der Waals surface area contributed by atoms with Gasteiger partial charge in [0.1, 0.15) is 6.54 Å². The highest BCUT2D eigenvalue weighted by Gasteiger charge is 2.36. The molecule has 0 amide bonds. The van der Waals surface area contributed by atoms with Crippen molar-refractivity contribution >= 4 is 15.7 Å². The number of benzene rings is 1. The van der Waals surface area contributed by atoms with Gasteiger partial charge in [0.2, 0.25) is 10.0 Å². The normalized spacial score (nSPS) is 12.7. The molecular formula is C13H19F3N2O2S. The highest BCUT2D eigenvalue weighted by molar-refractivity contribution is 7.89. The number of alkyl halides is 3. The van der Waals surface area contributed by atoms with Crippen molar-refractivity contribution in [3.05, 3.63) is 24.3 Å². The van der Waals surface area contributed by atoms with Gasteiger partial charge < -0.3 is 5.32 Å². The molecule has 0 bridgehead atoms. The zero-order valence-electron chi connectivity index (χ0n) is 11.9. The predicted octanol–water partition coefficient (Wildman–Crippen LogP) is 3.08. The zero-order chi connectivity index (χ0) is 16.1. The number of nitrogens with one attached hydrogen (secondary N) is 1. The van der Waals surface area contributed by atoms with E-state index < -0.39 is 22.7 Å². The molecule has 0 heterocycles. The van der Waals surface area contributed by atoms with Gasteiger partial charge in [0.25, 0.3) is 0 Å². The zero-order valence-corrected chi connectivity index (χ0v) is 12.8. The van der Waals surface area contributed by atoms with Gasteiger partial charge in [0, 0.05) is 18.8 Å². The van der Waals surface area contributed by atoms with E-state index in [0.29, 0.717) is 4.31 Å². The first kappa shape index (κ1) is 17.8. The van der Waals surface area contributed by atoms with Crippen LogP contribution in [0, 0.1) is 0 Å². The average molecular weight is 324 g/mol. The van der Waals surface area contributed by atoms with Crippen LogP contribution in [0.3, 0.4) is 0 Å². The van der Waals surface area contributed by atoms with Gasteiger partial charge in [0.15, 0.2) is 0 Å². The molecule has 0 radical (unpaired) electrons. The fourth-order valence-corrected chi connectivity index (χ4v) is 3.16. The lowest BCUT2D eigenvalue weighted by atomic mass is 10.3. The van der Waals surface area contributed by atoms with Crippen molar-refractivity contribution in [2.24, 2.45) is 0 Å². The first-order valence-corrected chi connectivity index (χ1v) is 8.05. The lowest BCUT2D eigenvalue weighted by molar-refractivity contribution is -0.135. The van der Waals surface area contributed by atoms with Crippen LogP contribution in [-0.4, -0.2) is 38.5 Å². The minimum Gasteiger partial charge on any atom is -0.385 e. The minimum atomic E-state index is -4.56. The van der Waals surface area contributed by atoms with Crippen LogP contribution in [0.1, 0.15) is 20.3 Å². The molecule has 0 aliphatic carbocycles. The number of nitrogens with zero attached hydrogens (tertiary/aromatic N) is 1. The molecule has 21 heavy (non-hydrogen) atoms. The van der Waals surface area contributed by atoms with Crippen molar-refractivity contribution in [3.63, 3.8) is 0 Å². The summed E-state index contributed by atoms with van der Waals surface area (Å²) in [6.07, 6.45) is -3.65. The molecule has 4 nitrogen and oxygen atoms in total. The third-order valence-electron chi connectivity index (χ3n) is 2.78. The molecule has 1 aromatic rings. The molecule has 0 saturated carbocycles. The van der Waals surface area contributed by atoms with Gasteiger partial charge in [0.05, 0.1) is 4.90 Å². The Hall–Kier alpha value is -1.28. The van der Waals surface area contributed by atoms with Crippen molar-refractivity contribution in [1.29, 1.82) is 0 Å². The van der Waals surface area contributed by atoms with Gasteiger partial charge >= 0.3 is 6.18 Å². The number of rotatable bonds is 7. The van der Waals surface area contributed by atoms with Crippen LogP contribution in [0.5, 0.6) is 0 Å². The maximum Gasteiger partial charge on any atom is 0.402 e. The summed E-state index contributed by atoms with van der Waals surface area (Å²) in [4.78, 5) is -0.143. The van der Waals surface area contributed by atoms with Crippen LogP contribution < -0.4 is 5.32 Å². The van der Waals surface area contributed by atoms with E-state index >= 15 is 0 Å². The van der Waals surface area contributed by atoms with Crippen LogP contribution in [0.2, 0.25) is 0 Å². The number of sulfonamides is 1. The highest BCUT2D eigenvalue weighted by atomic mass is 32.2. The third-order valence-corrected chi connectivity index (χ3v) is 4.71. The number of anilines is 1. The van der Waals surface area contributed by atoms with Crippen molar-refractivity contribution in [3.8, 4) is 0 Å². The van der Waals surface area contributed by atoms with Gasteiger partial charge in [-0.25, -0.2) is 8.42 Å². The number of hydrogen-bond acceptors (Lipinski definition) is 3. The predicted molar refractivity (Wildman–Crippen MR) is 75.7 cm³/mol. The molecule has 1 N–H and O–H groups in total. The summed E-state index contributed by atoms with van der Waals surface area (Å²) in [5.74, 6) is 0. The molecule has 120 valence electrons. The van der Waals surface area contributed by atoms with Crippen LogP contribution in [0.25, 0.3) is 0 Å². The molecule has 0 spiro atoms. The molecule has 1 aromatic carbocycles. The summed E-state index contributed by atoms with van der Waals surface area (Å²) in [5.41, 5.74) is 0.731. The monoisotopic (exact) mass is 324 g/mol. The molecule has 0 atom stereocenters. The SMILES string of the molecule is CCCNc1ccc(S(=O)(=O)N(CC)CC(F)(F)F)cc1. The summed E-state index contributed by atoms with van der Waals surface area (Å²) < 4.78 is 62.0. The Morgan fingerprint density at radius 1 is 1.14 bits per heavy atom. The molecule has 0 aliphatic heterocycles. The number of hydrogen-bond donors (Lipinski definition) is 1. The largest absolute Gasteiger partial charge is 0.402 e. The Balaban J connectivity index is 2.95. The van der Waals surface area contributed by atoms with E-state index in [2.05, 4.69) is 5.32 Å². The maximum absolute atomic E-state index is 12.4. The Labute approximate surface area is 123 Å². The Morgan fingerprint density at radius 2 is 1.71 bits per heavy atom. The molecule has 0 saturated heterocycles. The third kappa shape index (κ3) is 5.20. The molecule has 0 unspecified atom stereocenters. The van der Waals surface area contributed by atoms with Gasteiger partial charge in [-0.05, 0) is 30.7 Å².